The predicted molar refractivity (Wildman–Crippen MR) is 64.2 cm³/mol. The first-order valence-electron chi connectivity index (χ1n) is 5.60. The SMILES string of the molecule is CC(C)c1nnsc1C(N)C1=CCCCO1. The standard InChI is InChI=1S/C11H17N3OS/c1-7(2)10-11(16-14-13-10)9(12)8-5-3-4-6-15-8/h5,7,9H,3-4,6,12H2,1-2H3. The topological polar surface area (TPSA) is 61.0 Å². The Hall–Kier alpha value is -0.940. The maximum absolute atomic E-state index is 6.19. The molecule has 16 heavy (non-hydrogen) atoms. The lowest BCUT2D eigenvalue weighted by molar-refractivity contribution is 0.176. The molecular formula is C11H17N3OS. The molecule has 0 aromatic carbocycles. The number of hydrogen-bond donors (Lipinski definition) is 1. The van der Waals surface area contributed by atoms with Crippen LogP contribution in [0.2, 0.25) is 0 Å². The van der Waals surface area contributed by atoms with Gasteiger partial charge >= 0.3 is 0 Å². The van der Waals surface area contributed by atoms with E-state index >= 15 is 0 Å². The van der Waals surface area contributed by atoms with Crippen molar-refractivity contribution in [3.8, 4) is 0 Å². The van der Waals surface area contributed by atoms with E-state index in [4.69, 9.17) is 10.5 Å². The van der Waals surface area contributed by atoms with Gasteiger partial charge in [0.2, 0.25) is 0 Å². The summed E-state index contributed by atoms with van der Waals surface area (Å²) >= 11 is 1.37. The molecule has 2 heterocycles. The Labute approximate surface area is 99.7 Å². The van der Waals surface area contributed by atoms with Gasteiger partial charge in [0, 0.05) is 0 Å². The quantitative estimate of drug-likeness (QED) is 0.879. The molecule has 0 aliphatic carbocycles. The van der Waals surface area contributed by atoms with Crippen molar-refractivity contribution < 1.29 is 4.74 Å². The monoisotopic (exact) mass is 239 g/mol. The minimum atomic E-state index is -0.197. The second-order valence-electron chi connectivity index (χ2n) is 4.25. The Bertz CT molecular complexity index is 386. The summed E-state index contributed by atoms with van der Waals surface area (Å²) in [4.78, 5) is 1.03. The summed E-state index contributed by atoms with van der Waals surface area (Å²) in [7, 11) is 0. The van der Waals surface area contributed by atoms with Crippen LogP contribution < -0.4 is 5.73 Å². The maximum Gasteiger partial charge on any atom is 0.114 e. The van der Waals surface area contributed by atoms with Gasteiger partial charge in [-0.3, -0.25) is 0 Å². The number of ether oxygens (including phenoxy) is 1. The van der Waals surface area contributed by atoms with Gasteiger partial charge in [0.1, 0.15) is 11.8 Å². The first kappa shape index (κ1) is 11.5. The van der Waals surface area contributed by atoms with Crippen LogP contribution in [0.3, 0.4) is 0 Å². The normalized spacial score (nSPS) is 18.1. The fourth-order valence-corrected chi connectivity index (χ4v) is 2.56. The van der Waals surface area contributed by atoms with Gasteiger partial charge in [-0.05, 0) is 36.4 Å². The van der Waals surface area contributed by atoms with E-state index in [0.29, 0.717) is 5.92 Å². The van der Waals surface area contributed by atoms with Gasteiger partial charge in [-0.1, -0.05) is 18.3 Å². The highest BCUT2D eigenvalue weighted by Crippen LogP contribution is 2.30. The minimum Gasteiger partial charge on any atom is -0.496 e. The fraction of sp³-hybridized carbons (Fsp3) is 0.636. The van der Waals surface area contributed by atoms with Crippen LogP contribution in [-0.4, -0.2) is 16.2 Å². The molecule has 0 fully saturated rings. The van der Waals surface area contributed by atoms with Crippen LogP contribution >= 0.6 is 11.5 Å². The van der Waals surface area contributed by atoms with Crippen molar-refractivity contribution in [1.29, 1.82) is 0 Å². The molecule has 1 aromatic heterocycles. The zero-order chi connectivity index (χ0) is 11.5. The molecule has 2 N–H and O–H groups in total. The number of rotatable bonds is 3. The lowest BCUT2D eigenvalue weighted by atomic mass is 10.0. The average molecular weight is 239 g/mol. The molecule has 1 unspecified atom stereocenters. The number of aromatic nitrogens is 2. The van der Waals surface area contributed by atoms with E-state index in [-0.39, 0.29) is 6.04 Å². The first-order chi connectivity index (χ1) is 7.70. The molecule has 0 saturated carbocycles. The van der Waals surface area contributed by atoms with Gasteiger partial charge < -0.3 is 10.5 Å². The van der Waals surface area contributed by atoms with Gasteiger partial charge in [0.05, 0.1) is 17.2 Å². The van der Waals surface area contributed by atoms with E-state index in [0.717, 1.165) is 35.8 Å². The fourth-order valence-electron chi connectivity index (χ4n) is 1.74. The molecular weight excluding hydrogens is 222 g/mol. The lowest BCUT2D eigenvalue weighted by Crippen LogP contribution is -2.18. The number of allylic oxidation sites excluding steroid dienone is 1. The Balaban J connectivity index is 2.22. The van der Waals surface area contributed by atoms with Crippen LogP contribution in [0.25, 0.3) is 0 Å². The second kappa shape index (κ2) is 4.93. The molecule has 4 nitrogen and oxygen atoms in total. The Kier molecular flexibility index (Phi) is 3.56. The van der Waals surface area contributed by atoms with Crippen LogP contribution in [0.5, 0.6) is 0 Å². The zero-order valence-corrected chi connectivity index (χ0v) is 10.5. The zero-order valence-electron chi connectivity index (χ0n) is 9.64. The Morgan fingerprint density at radius 1 is 1.50 bits per heavy atom. The smallest absolute Gasteiger partial charge is 0.114 e. The largest absolute Gasteiger partial charge is 0.496 e. The molecule has 1 aliphatic heterocycles. The van der Waals surface area contributed by atoms with Crippen LogP contribution in [0.1, 0.15) is 49.2 Å². The predicted octanol–water partition coefficient (Wildman–Crippen LogP) is 2.36. The van der Waals surface area contributed by atoms with Gasteiger partial charge in [-0.15, -0.1) is 5.10 Å². The van der Waals surface area contributed by atoms with E-state index in [1.807, 2.05) is 0 Å². The van der Waals surface area contributed by atoms with Crippen molar-refractivity contribution in [2.45, 2.75) is 38.6 Å². The number of hydrogen-bond acceptors (Lipinski definition) is 5. The van der Waals surface area contributed by atoms with Crippen LogP contribution in [0, 0.1) is 0 Å². The van der Waals surface area contributed by atoms with Gasteiger partial charge in [-0.2, -0.15) is 0 Å². The highest BCUT2D eigenvalue weighted by Gasteiger charge is 2.23. The van der Waals surface area contributed by atoms with Crippen LogP contribution in [-0.2, 0) is 4.74 Å². The van der Waals surface area contributed by atoms with Crippen molar-refractivity contribution >= 4 is 11.5 Å². The molecule has 88 valence electrons. The second-order valence-corrected chi connectivity index (χ2v) is 5.04. The van der Waals surface area contributed by atoms with Crippen molar-refractivity contribution in [2.24, 2.45) is 5.73 Å². The molecule has 1 aromatic rings. The lowest BCUT2D eigenvalue weighted by Gasteiger charge is -2.20. The Morgan fingerprint density at radius 2 is 2.31 bits per heavy atom. The molecule has 2 rings (SSSR count). The van der Waals surface area contributed by atoms with E-state index < -0.39 is 0 Å². The summed E-state index contributed by atoms with van der Waals surface area (Å²) in [6.45, 7) is 4.97. The molecule has 1 atom stereocenters. The van der Waals surface area contributed by atoms with Crippen molar-refractivity contribution in [3.05, 3.63) is 22.4 Å². The van der Waals surface area contributed by atoms with Gasteiger partial charge in [0.15, 0.2) is 0 Å². The number of nitrogens with two attached hydrogens (primary N) is 1. The summed E-state index contributed by atoms with van der Waals surface area (Å²) in [5, 5.41) is 4.14. The van der Waals surface area contributed by atoms with Crippen molar-refractivity contribution in [2.75, 3.05) is 6.61 Å². The third-order valence-corrected chi connectivity index (χ3v) is 3.46. The Morgan fingerprint density at radius 3 is 2.94 bits per heavy atom. The maximum atomic E-state index is 6.19. The molecule has 5 heteroatoms. The van der Waals surface area contributed by atoms with Crippen molar-refractivity contribution in [3.63, 3.8) is 0 Å². The van der Waals surface area contributed by atoms with Crippen LogP contribution in [0.4, 0.5) is 0 Å². The minimum absolute atomic E-state index is 0.197. The summed E-state index contributed by atoms with van der Waals surface area (Å²) in [5.41, 5.74) is 7.18. The van der Waals surface area contributed by atoms with E-state index in [9.17, 15) is 0 Å². The summed E-state index contributed by atoms with van der Waals surface area (Å²) in [6.07, 6.45) is 4.21. The molecule has 1 aliphatic rings. The summed E-state index contributed by atoms with van der Waals surface area (Å²) < 4.78 is 9.57. The molecule has 0 bridgehead atoms. The third kappa shape index (κ3) is 2.25. The van der Waals surface area contributed by atoms with E-state index in [2.05, 4.69) is 29.5 Å². The van der Waals surface area contributed by atoms with E-state index in [1.54, 1.807) is 0 Å². The van der Waals surface area contributed by atoms with Gasteiger partial charge in [-0.25, -0.2) is 0 Å². The molecule has 0 radical (unpaired) electrons. The summed E-state index contributed by atoms with van der Waals surface area (Å²) in [6, 6.07) is -0.197. The molecule has 0 saturated heterocycles. The third-order valence-electron chi connectivity index (χ3n) is 2.64. The molecule has 0 spiro atoms. The molecule has 0 amide bonds. The summed E-state index contributed by atoms with van der Waals surface area (Å²) in [5.74, 6) is 1.23. The van der Waals surface area contributed by atoms with E-state index in [1.165, 1.54) is 11.5 Å². The van der Waals surface area contributed by atoms with Crippen LogP contribution in [0.15, 0.2) is 11.8 Å². The highest BCUT2D eigenvalue weighted by molar-refractivity contribution is 7.05. The first-order valence-corrected chi connectivity index (χ1v) is 6.38. The average Bonchev–Trinajstić information content (AvgIpc) is 2.78. The highest BCUT2D eigenvalue weighted by atomic mass is 32.1. The van der Waals surface area contributed by atoms with Gasteiger partial charge in [0.25, 0.3) is 0 Å². The number of nitrogens with zero attached hydrogens (tertiary/aromatic N) is 2. The van der Waals surface area contributed by atoms with Crippen molar-refractivity contribution in [1.82, 2.24) is 9.59 Å².